The molecule has 3 aromatic rings. The van der Waals surface area contributed by atoms with Gasteiger partial charge in [0.2, 0.25) is 12.3 Å². The summed E-state index contributed by atoms with van der Waals surface area (Å²) in [6, 6.07) is 23.2. The number of hydrazone groups is 1. The summed E-state index contributed by atoms with van der Waals surface area (Å²) in [4.78, 5) is 25.7. The van der Waals surface area contributed by atoms with E-state index in [-0.39, 0.29) is 11.8 Å². The number of para-hydroxylation sites is 1. The van der Waals surface area contributed by atoms with E-state index in [9.17, 15) is 9.59 Å². The first-order chi connectivity index (χ1) is 15.1. The quantitative estimate of drug-likeness (QED) is 0.631. The van der Waals surface area contributed by atoms with Crippen LogP contribution < -0.4 is 15.5 Å². The lowest BCUT2D eigenvalue weighted by atomic mass is 9.98. The molecule has 31 heavy (non-hydrogen) atoms. The molecule has 1 heterocycles. The molecule has 1 fully saturated rings. The van der Waals surface area contributed by atoms with Crippen LogP contribution in [-0.2, 0) is 4.79 Å². The first kappa shape index (κ1) is 20.3. The summed E-state index contributed by atoms with van der Waals surface area (Å²) >= 11 is 0. The monoisotopic (exact) mass is 414 g/mol. The summed E-state index contributed by atoms with van der Waals surface area (Å²) in [6.07, 6.45) is 1.83. The van der Waals surface area contributed by atoms with Crippen LogP contribution in [0.4, 0.5) is 0 Å². The number of hydrazine groups is 1. The Balaban J connectivity index is 1.73. The van der Waals surface area contributed by atoms with Crippen molar-refractivity contribution < 1.29 is 19.0 Å². The van der Waals surface area contributed by atoms with Crippen molar-refractivity contribution in [3.63, 3.8) is 0 Å². The Labute approximate surface area is 181 Å². The first-order valence-corrected chi connectivity index (χ1v) is 10.1. The zero-order valence-electron chi connectivity index (χ0n) is 17.4. The number of methoxy groups -OCH3 is 1. The van der Waals surface area contributed by atoms with Gasteiger partial charge in [-0.2, -0.15) is 0 Å². The number of nitrogens with one attached hydrogen (secondary N) is 2. The molecule has 0 radical (unpaired) electrons. The number of carbonyl (C=O) groups excluding carboxylic acids is 2. The third-order valence-corrected chi connectivity index (χ3v) is 5.30. The van der Waals surface area contributed by atoms with E-state index >= 15 is 0 Å². The van der Waals surface area contributed by atoms with E-state index in [1.165, 1.54) is 0 Å². The summed E-state index contributed by atoms with van der Waals surface area (Å²) in [5.41, 5.74) is 6.24. The molecule has 1 aliphatic rings. The number of hydrogen-bond acceptors (Lipinski definition) is 3. The van der Waals surface area contributed by atoms with Gasteiger partial charge in [-0.3, -0.25) is 9.59 Å². The van der Waals surface area contributed by atoms with Gasteiger partial charge in [-0.15, -0.1) is 10.1 Å². The molecule has 0 bridgehead atoms. The molecule has 1 saturated heterocycles. The minimum absolute atomic E-state index is 0.277. The lowest BCUT2D eigenvalue weighted by molar-refractivity contribution is -0.596. The molecule has 0 saturated carbocycles. The zero-order chi connectivity index (χ0) is 21.8. The number of nitrogens with zero attached hydrogens (tertiary/aromatic N) is 1. The van der Waals surface area contributed by atoms with E-state index in [4.69, 9.17) is 4.74 Å². The average Bonchev–Trinajstić information content (AvgIpc) is 3.09. The van der Waals surface area contributed by atoms with E-state index in [0.29, 0.717) is 11.3 Å². The smallest absolute Gasteiger partial charge is 0.304 e. The Kier molecular flexibility index (Phi) is 5.80. The molecule has 0 aromatic heterocycles. The fourth-order valence-electron chi connectivity index (χ4n) is 3.68. The SMILES string of the molecule is COc1ccccc1/C=[N+]1\NC(=O)[C@@H](NC(=O)c2ccccc2)[C@@H]1c1ccc(C)cc1. The van der Waals surface area contributed by atoms with Gasteiger partial charge in [-0.1, -0.05) is 60.2 Å². The van der Waals surface area contributed by atoms with Gasteiger partial charge >= 0.3 is 5.91 Å². The Morgan fingerprint density at radius 2 is 1.68 bits per heavy atom. The van der Waals surface area contributed by atoms with Crippen LogP contribution in [0.3, 0.4) is 0 Å². The molecule has 2 amide bonds. The van der Waals surface area contributed by atoms with Gasteiger partial charge in [0, 0.05) is 11.1 Å². The lowest BCUT2D eigenvalue weighted by Crippen LogP contribution is -2.42. The fourth-order valence-corrected chi connectivity index (χ4v) is 3.68. The first-order valence-electron chi connectivity index (χ1n) is 10.1. The highest BCUT2D eigenvalue weighted by Gasteiger charge is 2.47. The van der Waals surface area contributed by atoms with Gasteiger partial charge in [-0.05, 0) is 31.2 Å². The number of carbonyl (C=O) groups is 2. The summed E-state index contributed by atoms with van der Waals surface area (Å²) < 4.78 is 7.18. The number of ether oxygens (including phenoxy) is 1. The standard InChI is InChI=1S/C25H23N3O3/c1-17-12-14-18(15-13-17)23-22(26-24(29)19-8-4-3-5-9-19)25(30)27-28(23)16-20-10-6-7-11-21(20)31-2/h3-16,22-23H,1-2H3,(H-,26,27,29,30)/p+1/b28-16-/t22-,23-/m0/s1. The van der Waals surface area contributed by atoms with Gasteiger partial charge < -0.3 is 10.1 Å². The molecule has 3 aromatic carbocycles. The predicted octanol–water partition coefficient (Wildman–Crippen LogP) is 3.02. The second-order valence-corrected chi connectivity index (χ2v) is 7.43. The number of aryl methyl sites for hydroxylation is 1. The Morgan fingerprint density at radius 3 is 2.39 bits per heavy atom. The van der Waals surface area contributed by atoms with E-state index in [1.807, 2.05) is 67.7 Å². The summed E-state index contributed by atoms with van der Waals surface area (Å²) in [5, 5.41) is 2.91. The van der Waals surface area contributed by atoms with Crippen molar-refractivity contribution in [2.75, 3.05) is 7.11 Å². The Bertz CT molecular complexity index is 1120. The predicted molar refractivity (Wildman–Crippen MR) is 118 cm³/mol. The maximum Gasteiger partial charge on any atom is 0.304 e. The number of rotatable bonds is 5. The van der Waals surface area contributed by atoms with E-state index < -0.39 is 12.1 Å². The molecule has 0 spiro atoms. The molecule has 6 heteroatoms. The van der Waals surface area contributed by atoms with Crippen LogP contribution in [0, 0.1) is 6.92 Å². The maximum absolute atomic E-state index is 12.9. The highest BCUT2D eigenvalue weighted by Crippen LogP contribution is 2.26. The lowest BCUT2D eigenvalue weighted by Gasteiger charge is -2.15. The van der Waals surface area contributed by atoms with E-state index in [1.54, 1.807) is 36.1 Å². The van der Waals surface area contributed by atoms with Crippen LogP contribution in [0.15, 0.2) is 78.9 Å². The van der Waals surface area contributed by atoms with Gasteiger partial charge in [0.1, 0.15) is 5.75 Å². The van der Waals surface area contributed by atoms with Gasteiger partial charge in [0.15, 0.2) is 6.04 Å². The molecular formula is C25H24N3O3+. The molecule has 0 unspecified atom stereocenters. The van der Waals surface area contributed by atoms with Crippen LogP contribution >= 0.6 is 0 Å². The molecule has 0 aliphatic carbocycles. The molecular weight excluding hydrogens is 390 g/mol. The van der Waals surface area contributed by atoms with Crippen molar-refractivity contribution in [3.8, 4) is 5.75 Å². The van der Waals surface area contributed by atoms with Crippen molar-refractivity contribution in [3.05, 3.63) is 101 Å². The molecule has 156 valence electrons. The van der Waals surface area contributed by atoms with Crippen molar-refractivity contribution >= 4 is 18.0 Å². The van der Waals surface area contributed by atoms with Crippen molar-refractivity contribution in [2.24, 2.45) is 0 Å². The van der Waals surface area contributed by atoms with Crippen molar-refractivity contribution in [1.29, 1.82) is 0 Å². The van der Waals surface area contributed by atoms with E-state index in [2.05, 4.69) is 10.7 Å². The summed E-state index contributed by atoms with van der Waals surface area (Å²) in [7, 11) is 1.61. The van der Waals surface area contributed by atoms with Crippen molar-refractivity contribution in [1.82, 2.24) is 10.7 Å². The zero-order valence-corrected chi connectivity index (χ0v) is 17.4. The molecule has 2 atom stereocenters. The van der Waals surface area contributed by atoms with Crippen LogP contribution in [-0.4, -0.2) is 35.9 Å². The normalized spacial score (nSPS) is 19.2. The molecule has 1 aliphatic heterocycles. The average molecular weight is 414 g/mol. The second kappa shape index (κ2) is 8.83. The van der Waals surface area contributed by atoms with Crippen LogP contribution in [0.5, 0.6) is 5.75 Å². The molecule has 6 nitrogen and oxygen atoms in total. The van der Waals surface area contributed by atoms with Crippen LogP contribution in [0.2, 0.25) is 0 Å². The van der Waals surface area contributed by atoms with Crippen LogP contribution in [0.1, 0.15) is 33.1 Å². The van der Waals surface area contributed by atoms with Gasteiger partial charge in [-0.25, -0.2) is 0 Å². The van der Waals surface area contributed by atoms with E-state index in [0.717, 1.165) is 16.7 Å². The third-order valence-electron chi connectivity index (χ3n) is 5.30. The van der Waals surface area contributed by atoms with Crippen LogP contribution in [0.25, 0.3) is 0 Å². The Morgan fingerprint density at radius 1 is 1.00 bits per heavy atom. The molecule has 2 N–H and O–H groups in total. The fraction of sp³-hybridized carbons (Fsp3) is 0.160. The Hall–Kier alpha value is -3.93. The summed E-state index contributed by atoms with van der Waals surface area (Å²) in [6.45, 7) is 2.01. The third kappa shape index (κ3) is 4.33. The summed E-state index contributed by atoms with van der Waals surface area (Å²) in [5.74, 6) is 0.120. The minimum Gasteiger partial charge on any atom is -0.496 e. The maximum atomic E-state index is 12.9. The second-order valence-electron chi connectivity index (χ2n) is 7.43. The van der Waals surface area contributed by atoms with Gasteiger partial charge in [0.05, 0.1) is 12.7 Å². The number of hydrogen-bond donors (Lipinski definition) is 2. The highest BCUT2D eigenvalue weighted by atomic mass is 16.5. The van der Waals surface area contributed by atoms with Crippen molar-refractivity contribution in [2.45, 2.75) is 19.0 Å². The minimum atomic E-state index is -0.763. The number of benzene rings is 3. The number of amides is 2. The molecule has 4 rings (SSSR count). The highest BCUT2D eigenvalue weighted by molar-refractivity contribution is 5.98. The largest absolute Gasteiger partial charge is 0.496 e. The van der Waals surface area contributed by atoms with Gasteiger partial charge in [0.25, 0.3) is 5.91 Å². The topological polar surface area (TPSA) is 70.4 Å².